The summed E-state index contributed by atoms with van der Waals surface area (Å²) >= 11 is 0. The first-order valence-corrected chi connectivity index (χ1v) is 8.85. The Morgan fingerprint density at radius 1 is 1.09 bits per heavy atom. The van der Waals surface area contributed by atoms with Gasteiger partial charge in [-0.1, -0.05) is 36.8 Å². The van der Waals surface area contributed by atoms with E-state index in [1.54, 1.807) is 0 Å². The van der Waals surface area contributed by atoms with E-state index in [9.17, 15) is 4.79 Å². The molecule has 2 aliphatic rings. The van der Waals surface area contributed by atoms with Crippen LogP contribution in [0.15, 0.2) is 30.3 Å². The zero-order valence-corrected chi connectivity index (χ0v) is 14.3. The van der Waals surface area contributed by atoms with Crippen LogP contribution in [0.5, 0.6) is 0 Å². The minimum atomic E-state index is -0.000959. The van der Waals surface area contributed by atoms with E-state index in [4.69, 9.17) is 0 Å². The Kier molecular flexibility index (Phi) is 4.90. The summed E-state index contributed by atoms with van der Waals surface area (Å²) in [6.07, 6.45) is 6.07. The zero-order chi connectivity index (χ0) is 16.3. The summed E-state index contributed by atoms with van der Waals surface area (Å²) in [5.74, 6) is 1.27. The number of urea groups is 1. The summed E-state index contributed by atoms with van der Waals surface area (Å²) in [7, 11) is 4.31. The monoisotopic (exact) mass is 315 g/mol. The molecule has 2 N–H and O–H groups in total. The molecule has 0 unspecified atom stereocenters. The quantitative estimate of drug-likeness (QED) is 0.848. The van der Waals surface area contributed by atoms with E-state index >= 15 is 0 Å². The Bertz CT molecular complexity index is 519. The number of amides is 2. The van der Waals surface area contributed by atoms with Crippen LogP contribution in [0.25, 0.3) is 0 Å². The highest BCUT2D eigenvalue weighted by atomic mass is 16.2. The molecule has 0 aromatic heterocycles. The normalized spacial score (nSPS) is 27.2. The molecule has 4 heteroatoms. The number of carbonyl (C=O) groups excluding carboxylic acids is 1. The number of carbonyl (C=O) groups is 1. The largest absolute Gasteiger partial charge is 0.338 e. The zero-order valence-electron chi connectivity index (χ0n) is 14.3. The molecule has 2 amide bonds. The van der Waals surface area contributed by atoms with E-state index in [2.05, 4.69) is 60.0 Å². The van der Waals surface area contributed by atoms with E-state index < -0.39 is 0 Å². The van der Waals surface area contributed by atoms with Crippen molar-refractivity contribution in [3.63, 3.8) is 0 Å². The number of nitrogens with zero attached hydrogens (tertiary/aromatic N) is 1. The van der Waals surface area contributed by atoms with Gasteiger partial charge in [0.1, 0.15) is 0 Å². The van der Waals surface area contributed by atoms with E-state index in [1.807, 2.05) is 0 Å². The van der Waals surface area contributed by atoms with Gasteiger partial charge in [-0.3, -0.25) is 4.90 Å². The van der Waals surface area contributed by atoms with Crippen molar-refractivity contribution in [2.45, 2.75) is 37.6 Å². The SMILES string of the molecule is CN(C)C1(c2ccccc2)CC(CNC(=O)NCC2CCC2)C1. The van der Waals surface area contributed by atoms with E-state index in [-0.39, 0.29) is 11.6 Å². The second-order valence-electron chi connectivity index (χ2n) is 7.45. The summed E-state index contributed by atoms with van der Waals surface area (Å²) in [6.45, 7) is 1.61. The lowest BCUT2D eigenvalue weighted by Crippen LogP contribution is -2.54. The predicted molar refractivity (Wildman–Crippen MR) is 93.3 cm³/mol. The molecule has 0 spiro atoms. The van der Waals surface area contributed by atoms with Crippen molar-refractivity contribution < 1.29 is 4.79 Å². The van der Waals surface area contributed by atoms with Crippen molar-refractivity contribution in [3.05, 3.63) is 35.9 Å². The first-order chi connectivity index (χ1) is 11.1. The first kappa shape index (κ1) is 16.3. The summed E-state index contributed by atoms with van der Waals surface area (Å²) < 4.78 is 0. The molecule has 23 heavy (non-hydrogen) atoms. The molecule has 2 saturated carbocycles. The fraction of sp³-hybridized carbons (Fsp3) is 0.632. The molecule has 0 saturated heterocycles. The molecule has 2 fully saturated rings. The van der Waals surface area contributed by atoms with Crippen LogP contribution in [0.4, 0.5) is 4.79 Å². The van der Waals surface area contributed by atoms with Crippen molar-refractivity contribution in [2.24, 2.45) is 11.8 Å². The topological polar surface area (TPSA) is 44.4 Å². The predicted octanol–water partition coefficient (Wildman–Crippen LogP) is 2.95. The highest BCUT2D eigenvalue weighted by Crippen LogP contribution is 2.48. The van der Waals surface area contributed by atoms with Crippen LogP contribution in [0, 0.1) is 11.8 Å². The van der Waals surface area contributed by atoms with Gasteiger partial charge in [-0.25, -0.2) is 4.79 Å². The maximum Gasteiger partial charge on any atom is 0.314 e. The molecule has 1 aromatic carbocycles. The maximum atomic E-state index is 11.9. The summed E-state index contributed by atoms with van der Waals surface area (Å²) in [5, 5.41) is 6.05. The highest BCUT2D eigenvalue weighted by molar-refractivity contribution is 5.73. The minimum absolute atomic E-state index is 0.000959. The van der Waals surface area contributed by atoms with Gasteiger partial charge in [0, 0.05) is 18.6 Å². The van der Waals surface area contributed by atoms with Crippen molar-refractivity contribution in [1.29, 1.82) is 0 Å². The van der Waals surface area contributed by atoms with Gasteiger partial charge < -0.3 is 10.6 Å². The van der Waals surface area contributed by atoms with Crippen LogP contribution in [0.1, 0.15) is 37.7 Å². The molecule has 0 aliphatic heterocycles. The molecule has 0 heterocycles. The maximum absolute atomic E-state index is 11.9. The van der Waals surface area contributed by atoms with Crippen molar-refractivity contribution >= 4 is 6.03 Å². The smallest absolute Gasteiger partial charge is 0.314 e. The third-order valence-electron chi connectivity index (χ3n) is 5.75. The molecule has 126 valence electrons. The lowest BCUT2D eigenvalue weighted by molar-refractivity contribution is 0.00515. The van der Waals surface area contributed by atoms with Crippen molar-refractivity contribution in [2.75, 3.05) is 27.2 Å². The Hall–Kier alpha value is -1.55. The average Bonchev–Trinajstić information content (AvgIpc) is 2.45. The first-order valence-electron chi connectivity index (χ1n) is 8.85. The Labute approximate surface area is 139 Å². The van der Waals surface area contributed by atoms with Gasteiger partial charge in [0.15, 0.2) is 0 Å². The average molecular weight is 315 g/mol. The minimum Gasteiger partial charge on any atom is -0.338 e. The van der Waals surface area contributed by atoms with Gasteiger partial charge >= 0.3 is 6.03 Å². The number of nitrogens with one attached hydrogen (secondary N) is 2. The highest BCUT2D eigenvalue weighted by Gasteiger charge is 2.46. The van der Waals surface area contributed by atoms with Crippen molar-refractivity contribution in [3.8, 4) is 0 Å². The number of rotatable bonds is 6. The Morgan fingerprint density at radius 3 is 2.22 bits per heavy atom. The fourth-order valence-corrected chi connectivity index (χ4v) is 3.88. The number of hydrogen-bond donors (Lipinski definition) is 2. The summed E-state index contributed by atoms with van der Waals surface area (Å²) in [4.78, 5) is 14.2. The van der Waals surface area contributed by atoms with Gasteiger partial charge in [0.05, 0.1) is 0 Å². The van der Waals surface area contributed by atoms with Crippen LogP contribution in [-0.4, -0.2) is 38.1 Å². The molecule has 1 aromatic rings. The number of benzene rings is 1. The fourth-order valence-electron chi connectivity index (χ4n) is 3.88. The molecule has 0 bridgehead atoms. The van der Waals surface area contributed by atoms with Gasteiger partial charge in [0.25, 0.3) is 0 Å². The van der Waals surface area contributed by atoms with Crippen LogP contribution < -0.4 is 10.6 Å². The molecule has 3 rings (SSSR count). The standard InChI is InChI=1S/C19H29N3O/c1-22(2)19(17-9-4-3-5-10-17)11-16(12-19)14-21-18(23)20-13-15-7-6-8-15/h3-5,9-10,15-16H,6-8,11-14H2,1-2H3,(H2,20,21,23). The van der Waals surface area contributed by atoms with E-state index in [0.717, 1.165) is 25.9 Å². The van der Waals surface area contributed by atoms with Gasteiger partial charge in [-0.15, -0.1) is 0 Å². The van der Waals surface area contributed by atoms with Gasteiger partial charge in [-0.05, 0) is 57.2 Å². The van der Waals surface area contributed by atoms with Crippen LogP contribution in [0.3, 0.4) is 0 Å². The molecule has 0 atom stereocenters. The molecule has 4 nitrogen and oxygen atoms in total. The van der Waals surface area contributed by atoms with Crippen LogP contribution in [0.2, 0.25) is 0 Å². The van der Waals surface area contributed by atoms with E-state index in [0.29, 0.717) is 11.8 Å². The Morgan fingerprint density at radius 2 is 1.70 bits per heavy atom. The molecule has 2 aliphatic carbocycles. The molecular formula is C19H29N3O. The second kappa shape index (κ2) is 6.91. The molecular weight excluding hydrogens is 286 g/mol. The lowest BCUT2D eigenvalue weighted by atomic mass is 9.64. The lowest BCUT2D eigenvalue weighted by Gasteiger charge is -2.52. The second-order valence-corrected chi connectivity index (χ2v) is 7.45. The third kappa shape index (κ3) is 3.52. The van der Waals surface area contributed by atoms with Gasteiger partial charge in [0.2, 0.25) is 0 Å². The summed E-state index contributed by atoms with van der Waals surface area (Å²) in [6, 6.07) is 10.7. The molecule has 0 radical (unpaired) electrons. The Balaban J connectivity index is 1.44. The van der Waals surface area contributed by atoms with E-state index in [1.165, 1.54) is 24.8 Å². The summed E-state index contributed by atoms with van der Waals surface area (Å²) in [5.41, 5.74) is 1.52. The van der Waals surface area contributed by atoms with Gasteiger partial charge in [-0.2, -0.15) is 0 Å². The van der Waals surface area contributed by atoms with Crippen molar-refractivity contribution in [1.82, 2.24) is 15.5 Å². The third-order valence-corrected chi connectivity index (χ3v) is 5.75. The van der Waals surface area contributed by atoms with Crippen LogP contribution in [-0.2, 0) is 5.54 Å². The number of hydrogen-bond acceptors (Lipinski definition) is 2. The van der Waals surface area contributed by atoms with Crippen LogP contribution >= 0.6 is 0 Å².